The van der Waals surface area contributed by atoms with Crippen molar-refractivity contribution in [2.75, 3.05) is 13.1 Å². The lowest BCUT2D eigenvalue weighted by Crippen LogP contribution is -2.48. The fraction of sp³-hybridized carbons (Fsp3) is 0.750. The molecule has 1 fully saturated rings. The van der Waals surface area contributed by atoms with Gasteiger partial charge in [-0.05, 0) is 82.1 Å². The summed E-state index contributed by atoms with van der Waals surface area (Å²) in [4.78, 5) is 27.2. The molecule has 1 aliphatic carbocycles. The van der Waals surface area contributed by atoms with E-state index in [2.05, 4.69) is 41.8 Å². The average Bonchev–Trinajstić information content (AvgIpc) is 2.84. The van der Waals surface area contributed by atoms with E-state index in [1.807, 2.05) is 25.5 Å². The van der Waals surface area contributed by atoms with Gasteiger partial charge < -0.3 is 9.64 Å². The van der Waals surface area contributed by atoms with E-state index in [4.69, 9.17) is 4.74 Å². The van der Waals surface area contributed by atoms with Gasteiger partial charge in [-0.1, -0.05) is 0 Å². The SMILES string of the molecule is CC(C)(C)OC(=O)N1CCC2(CC1)CC(=O)c1c(c(Br)nn1C(C)(C)C)C2. The highest BCUT2D eigenvalue weighted by molar-refractivity contribution is 9.10. The smallest absolute Gasteiger partial charge is 0.410 e. The van der Waals surface area contributed by atoms with E-state index in [1.54, 1.807) is 4.90 Å². The quantitative estimate of drug-likeness (QED) is 0.594. The molecule has 0 saturated carbocycles. The number of hydrogen-bond acceptors (Lipinski definition) is 4. The Morgan fingerprint density at radius 2 is 1.70 bits per heavy atom. The molecule has 2 aliphatic rings. The van der Waals surface area contributed by atoms with Crippen molar-refractivity contribution in [3.63, 3.8) is 0 Å². The Morgan fingerprint density at radius 1 is 1.11 bits per heavy atom. The molecule has 0 atom stereocenters. The number of likely N-dealkylation sites (tertiary alicyclic amines) is 1. The molecule has 0 unspecified atom stereocenters. The fourth-order valence-electron chi connectivity index (χ4n) is 4.06. The van der Waals surface area contributed by atoms with Gasteiger partial charge in [0.15, 0.2) is 5.78 Å². The molecule has 27 heavy (non-hydrogen) atoms. The maximum absolute atomic E-state index is 13.1. The van der Waals surface area contributed by atoms with Crippen LogP contribution in [0.25, 0.3) is 0 Å². The highest BCUT2D eigenvalue weighted by Crippen LogP contribution is 2.46. The van der Waals surface area contributed by atoms with Crippen LogP contribution >= 0.6 is 15.9 Å². The first-order valence-electron chi connectivity index (χ1n) is 9.60. The van der Waals surface area contributed by atoms with Crippen LogP contribution in [0.2, 0.25) is 0 Å². The minimum absolute atomic E-state index is 0.0864. The highest BCUT2D eigenvalue weighted by Gasteiger charge is 2.45. The third-order valence-electron chi connectivity index (χ3n) is 5.40. The maximum atomic E-state index is 13.1. The number of aromatic nitrogens is 2. The number of ketones is 1. The predicted molar refractivity (Wildman–Crippen MR) is 107 cm³/mol. The first-order chi connectivity index (χ1) is 12.3. The van der Waals surface area contributed by atoms with Crippen LogP contribution in [0.4, 0.5) is 4.79 Å². The van der Waals surface area contributed by atoms with Crippen molar-refractivity contribution in [1.29, 1.82) is 0 Å². The Bertz CT molecular complexity index is 763. The van der Waals surface area contributed by atoms with Crippen LogP contribution in [0.3, 0.4) is 0 Å². The highest BCUT2D eigenvalue weighted by atomic mass is 79.9. The lowest BCUT2D eigenvalue weighted by Gasteiger charge is -2.43. The molecule has 1 aromatic heterocycles. The lowest BCUT2D eigenvalue weighted by molar-refractivity contribution is 0.00872. The van der Waals surface area contributed by atoms with Gasteiger partial charge in [0.25, 0.3) is 0 Å². The zero-order valence-corrected chi connectivity index (χ0v) is 18.8. The van der Waals surface area contributed by atoms with E-state index in [-0.39, 0.29) is 22.8 Å². The largest absolute Gasteiger partial charge is 0.444 e. The number of rotatable bonds is 0. The molecule has 150 valence electrons. The molecule has 0 radical (unpaired) electrons. The van der Waals surface area contributed by atoms with Crippen LogP contribution in [-0.2, 0) is 16.7 Å². The Hall–Kier alpha value is -1.37. The molecule has 3 rings (SSSR count). The predicted octanol–water partition coefficient (Wildman–Crippen LogP) is 4.55. The van der Waals surface area contributed by atoms with E-state index in [1.165, 1.54) is 0 Å². The summed E-state index contributed by atoms with van der Waals surface area (Å²) in [5.41, 5.74) is 0.947. The molecule has 1 spiro atoms. The van der Waals surface area contributed by atoms with Crippen LogP contribution < -0.4 is 0 Å². The van der Waals surface area contributed by atoms with Gasteiger partial charge in [-0.3, -0.25) is 9.48 Å². The number of halogens is 1. The maximum Gasteiger partial charge on any atom is 0.410 e. The zero-order valence-electron chi connectivity index (χ0n) is 17.2. The second-order valence-corrected chi connectivity index (χ2v) is 10.7. The minimum Gasteiger partial charge on any atom is -0.444 e. The van der Waals surface area contributed by atoms with E-state index >= 15 is 0 Å². The number of hydrogen-bond donors (Lipinski definition) is 0. The summed E-state index contributed by atoms with van der Waals surface area (Å²) >= 11 is 3.57. The molecule has 0 aromatic carbocycles. The number of carbonyl (C=O) groups is 2. The van der Waals surface area contributed by atoms with Crippen molar-refractivity contribution in [3.8, 4) is 0 Å². The van der Waals surface area contributed by atoms with Crippen molar-refractivity contribution in [3.05, 3.63) is 15.9 Å². The molecule has 1 saturated heterocycles. The van der Waals surface area contributed by atoms with E-state index in [0.717, 1.165) is 35.1 Å². The van der Waals surface area contributed by atoms with Gasteiger partial charge in [0.2, 0.25) is 0 Å². The number of carbonyl (C=O) groups excluding carboxylic acids is 2. The van der Waals surface area contributed by atoms with E-state index < -0.39 is 5.60 Å². The lowest BCUT2D eigenvalue weighted by atomic mass is 9.67. The molecule has 0 N–H and O–H groups in total. The Balaban J connectivity index is 1.77. The van der Waals surface area contributed by atoms with E-state index in [9.17, 15) is 9.59 Å². The monoisotopic (exact) mass is 439 g/mol. The minimum atomic E-state index is -0.492. The first-order valence-corrected chi connectivity index (χ1v) is 10.4. The average molecular weight is 440 g/mol. The molecule has 0 bridgehead atoms. The van der Waals surface area contributed by atoms with Gasteiger partial charge in [0, 0.05) is 25.1 Å². The number of ether oxygens (including phenoxy) is 1. The van der Waals surface area contributed by atoms with Gasteiger partial charge in [0.1, 0.15) is 15.9 Å². The number of amides is 1. The van der Waals surface area contributed by atoms with Crippen LogP contribution in [0.1, 0.15) is 76.9 Å². The van der Waals surface area contributed by atoms with Gasteiger partial charge >= 0.3 is 6.09 Å². The summed E-state index contributed by atoms with van der Waals surface area (Å²) in [5.74, 6) is 0.162. The van der Waals surface area contributed by atoms with Crippen LogP contribution in [0.15, 0.2) is 4.60 Å². The second-order valence-electron chi connectivity index (χ2n) is 9.94. The number of nitrogens with zero attached hydrogens (tertiary/aromatic N) is 3. The summed E-state index contributed by atoms with van der Waals surface area (Å²) in [6.07, 6.45) is 2.71. The molecule has 1 amide bonds. The van der Waals surface area contributed by atoms with Crippen molar-refractivity contribution in [1.82, 2.24) is 14.7 Å². The Morgan fingerprint density at radius 3 is 2.22 bits per heavy atom. The zero-order chi connectivity index (χ0) is 20.2. The molecule has 6 nitrogen and oxygen atoms in total. The van der Waals surface area contributed by atoms with Gasteiger partial charge in [-0.2, -0.15) is 5.10 Å². The fourth-order valence-corrected chi connectivity index (χ4v) is 4.54. The van der Waals surface area contributed by atoms with Crippen molar-refractivity contribution < 1.29 is 14.3 Å². The number of fused-ring (bicyclic) bond motifs is 1. The van der Waals surface area contributed by atoms with Gasteiger partial charge in [0.05, 0.1) is 5.54 Å². The van der Waals surface area contributed by atoms with Crippen LogP contribution in [0.5, 0.6) is 0 Å². The van der Waals surface area contributed by atoms with Crippen LogP contribution in [0, 0.1) is 5.41 Å². The summed E-state index contributed by atoms with van der Waals surface area (Å²) in [7, 11) is 0. The summed E-state index contributed by atoms with van der Waals surface area (Å²) in [5, 5.41) is 4.60. The first kappa shape index (κ1) is 20.4. The molecular formula is C20H30BrN3O3. The van der Waals surface area contributed by atoms with E-state index in [0.29, 0.717) is 19.5 Å². The summed E-state index contributed by atoms with van der Waals surface area (Å²) in [6, 6.07) is 0. The van der Waals surface area contributed by atoms with Crippen LogP contribution in [-0.4, -0.2) is 45.2 Å². The van der Waals surface area contributed by atoms with Gasteiger partial charge in [-0.25, -0.2) is 4.79 Å². The van der Waals surface area contributed by atoms with Crippen molar-refractivity contribution in [2.24, 2.45) is 5.41 Å². The molecular weight excluding hydrogens is 410 g/mol. The molecule has 7 heteroatoms. The summed E-state index contributed by atoms with van der Waals surface area (Å²) in [6.45, 7) is 13.1. The van der Waals surface area contributed by atoms with Crippen molar-refractivity contribution in [2.45, 2.75) is 78.4 Å². The number of Topliss-reactive ketones (excluding diaryl/α,β-unsaturated/α-hetero) is 1. The molecule has 1 aliphatic heterocycles. The second kappa shape index (κ2) is 6.61. The molecule has 1 aromatic rings. The Labute approximate surface area is 169 Å². The normalized spacial score (nSPS) is 20.0. The van der Waals surface area contributed by atoms with Gasteiger partial charge in [-0.15, -0.1) is 0 Å². The standard InChI is InChI=1S/C20H30BrN3O3/c1-18(2,3)24-15-13(16(21)22-24)11-20(12-14(15)25)7-9-23(10-8-20)17(26)27-19(4,5)6/h7-12H2,1-6H3. The topological polar surface area (TPSA) is 64.4 Å². The van der Waals surface area contributed by atoms with Crippen molar-refractivity contribution >= 4 is 27.8 Å². The summed E-state index contributed by atoms with van der Waals surface area (Å²) < 4.78 is 8.12. The third kappa shape index (κ3) is 4.08. The number of piperidine rings is 1. The Kier molecular flexibility index (Phi) is 4.98. The third-order valence-corrected chi connectivity index (χ3v) is 6.03. The molecule has 2 heterocycles.